The van der Waals surface area contributed by atoms with Crippen molar-refractivity contribution < 1.29 is 9.18 Å². The molecule has 0 unspecified atom stereocenters. The largest absolute Gasteiger partial charge is 0.399 e. The molecule has 0 heterocycles. The monoisotopic (exact) mass is 272 g/mol. The van der Waals surface area contributed by atoms with E-state index in [0.29, 0.717) is 18.5 Å². The molecule has 0 saturated heterocycles. The molecule has 4 heteroatoms. The topological polar surface area (TPSA) is 55.1 Å². The molecule has 0 radical (unpaired) electrons. The number of nitrogens with one attached hydrogen (secondary N) is 1. The molecule has 0 aromatic heterocycles. The standard InChI is InChI=1S/C16H17FN2O/c1-11-2-4-12(5-3-11)6-9-16(20)19-15-10-13(18)7-8-14(15)17/h2-5,7-8,10H,6,9,18H2,1H3,(H,19,20). The van der Waals surface area contributed by atoms with Crippen LogP contribution in [0.4, 0.5) is 15.8 Å². The Balaban J connectivity index is 1.92. The lowest BCUT2D eigenvalue weighted by Gasteiger charge is -2.07. The van der Waals surface area contributed by atoms with E-state index in [1.807, 2.05) is 31.2 Å². The van der Waals surface area contributed by atoms with Gasteiger partial charge in [0, 0.05) is 12.1 Å². The van der Waals surface area contributed by atoms with Gasteiger partial charge >= 0.3 is 0 Å². The second-order valence-electron chi connectivity index (χ2n) is 4.77. The average Bonchev–Trinajstić information content (AvgIpc) is 2.42. The molecule has 0 bridgehead atoms. The molecule has 2 rings (SSSR count). The van der Waals surface area contributed by atoms with Crippen LogP contribution in [0.3, 0.4) is 0 Å². The van der Waals surface area contributed by atoms with Gasteiger partial charge in [-0.15, -0.1) is 0 Å². The number of nitrogen functional groups attached to an aromatic ring is 1. The van der Waals surface area contributed by atoms with E-state index in [1.165, 1.54) is 23.8 Å². The van der Waals surface area contributed by atoms with E-state index >= 15 is 0 Å². The van der Waals surface area contributed by atoms with Gasteiger partial charge in [0.2, 0.25) is 5.91 Å². The normalized spacial score (nSPS) is 10.3. The molecular weight excluding hydrogens is 255 g/mol. The third kappa shape index (κ3) is 3.82. The van der Waals surface area contributed by atoms with Crippen LogP contribution in [0, 0.1) is 12.7 Å². The van der Waals surface area contributed by atoms with Gasteiger partial charge in [-0.25, -0.2) is 4.39 Å². The van der Waals surface area contributed by atoms with E-state index in [9.17, 15) is 9.18 Å². The van der Waals surface area contributed by atoms with Gasteiger partial charge in [-0.1, -0.05) is 29.8 Å². The van der Waals surface area contributed by atoms with Crippen molar-refractivity contribution in [3.05, 3.63) is 59.4 Å². The molecular formula is C16H17FN2O. The Kier molecular flexibility index (Phi) is 4.35. The number of carbonyl (C=O) groups is 1. The van der Waals surface area contributed by atoms with E-state index in [1.54, 1.807) is 0 Å². The molecule has 0 aliphatic rings. The van der Waals surface area contributed by atoms with E-state index in [2.05, 4.69) is 5.32 Å². The molecule has 2 aromatic rings. The molecule has 0 atom stereocenters. The number of amides is 1. The molecule has 0 spiro atoms. The maximum atomic E-state index is 13.5. The van der Waals surface area contributed by atoms with Crippen LogP contribution in [0.15, 0.2) is 42.5 Å². The summed E-state index contributed by atoms with van der Waals surface area (Å²) in [6.45, 7) is 2.01. The van der Waals surface area contributed by atoms with Crippen molar-refractivity contribution in [2.75, 3.05) is 11.1 Å². The Bertz CT molecular complexity index is 608. The predicted molar refractivity (Wildman–Crippen MR) is 78.9 cm³/mol. The summed E-state index contributed by atoms with van der Waals surface area (Å²) in [5.74, 6) is -0.710. The van der Waals surface area contributed by atoms with Crippen LogP contribution in [0.2, 0.25) is 0 Å². The Labute approximate surface area is 117 Å². The first-order valence-electron chi connectivity index (χ1n) is 6.45. The predicted octanol–water partition coefficient (Wildman–Crippen LogP) is 3.29. The van der Waals surface area contributed by atoms with Gasteiger partial charge < -0.3 is 11.1 Å². The smallest absolute Gasteiger partial charge is 0.224 e. The van der Waals surface area contributed by atoms with Crippen molar-refractivity contribution in [3.63, 3.8) is 0 Å². The van der Waals surface area contributed by atoms with Crippen molar-refractivity contribution in [2.24, 2.45) is 0 Å². The van der Waals surface area contributed by atoms with Crippen LogP contribution in [-0.2, 0) is 11.2 Å². The number of anilines is 2. The summed E-state index contributed by atoms with van der Waals surface area (Å²) in [4.78, 5) is 11.8. The SMILES string of the molecule is Cc1ccc(CCC(=O)Nc2cc(N)ccc2F)cc1. The lowest BCUT2D eigenvalue weighted by atomic mass is 10.1. The molecule has 104 valence electrons. The number of halogens is 1. The second-order valence-corrected chi connectivity index (χ2v) is 4.77. The number of carbonyl (C=O) groups excluding carboxylic acids is 1. The summed E-state index contributed by atoms with van der Waals surface area (Å²) in [5.41, 5.74) is 8.37. The van der Waals surface area contributed by atoms with Crippen molar-refractivity contribution in [1.82, 2.24) is 0 Å². The molecule has 20 heavy (non-hydrogen) atoms. The van der Waals surface area contributed by atoms with Gasteiger partial charge in [-0.3, -0.25) is 4.79 Å². The summed E-state index contributed by atoms with van der Waals surface area (Å²) in [7, 11) is 0. The maximum Gasteiger partial charge on any atom is 0.224 e. The van der Waals surface area contributed by atoms with Crippen molar-refractivity contribution in [3.8, 4) is 0 Å². The summed E-state index contributed by atoms with van der Waals surface area (Å²) in [5, 5.41) is 2.54. The van der Waals surface area contributed by atoms with E-state index in [4.69, 9.17) is 5.73 Å². The van der Waals surface area contributed by atoms with E-state index in [-0.39, 0.29) is 11.6 Å². The third-order valence-corrected chi connectivity index (χ3v) is 3.03. The number of rotatable bonds is 4. The Morgan fingerprint density at radius 2 is 1.90 bits per heavy atom. The van der Waals surface area contributed by atoms with Crippen LogP contribution in [0.1, 0.15) is 17.5 Å². The zero-order valence-electron chi connectivity index (χ0n) is 11.3. The first-order chi connectivity index (χ1) is 9.54. The van der Waals surface area contributed by atoms with Gasteiger partial charge in [-0.05, 0) is 37.1 Å². The van der Waals surface area contributed by atoms with Gasteiger partial charge in [0.25, 0.3) is 0 Å². The molecule has 0 fully saturated rings. The molecule has 0 aliphatic carbocycles. The Hall–Kier alpha value is -2.36. The minimum absolute atomic E-state index is 0.124. The molecule has 3 nitrogen and oxygen atoms in total. The van der Waals surface area contributed by atoms with Crippen molar-refractivity contribution in [1.29, 1.82) is 0 Å². The summed E-state index contributed by atoms with van der Waals surface area (Å²) < 4.78 is 13.5. The zero-order valence-corrected chi connectivity index (χ0v) is 11.3. The fourth-order valence-corrected chi connectivity index (χ4v) is 1.86. The van der Waals surface area contributed by atoms with Crippen molar-refractivity contribution in [2.45, 2.75) is 19.8 Å². The lowest BCUT2D eigenvalue weighted by molar-refractivity contribution is -0.116. The minimum Gasteiger partial charge on any atom is -0.399 e. The molecule has 3 N–H and O–H groups in total. The highest BCUT2D eigenvalue weighted by atomic mass is 19.1. The Morgan fingerprint density at radius 1 is 1.20 bits per heavy atom. The van der Waals surface area contributed by atoms with Gasteiger partial charge in [0.15, 0.2) is 0 Å². The molecule has 0 aliphatic heterocycles. The fraction of sp³-hybridized carbons (Fsp3) is 0.188. The first-order valence-corrected chi connectivity index (χ1v) is 6.45. The van der Waals surface area contributed by atoms with Gasteiger partial charge in [-0.2, -0.15) is 0 Å². The van der Waals surface area contributed by atoms with E-state index in [0.717, 1.165) is 5.56 Å². The lowest BCUT2D eigenvalue weighted by Crippen LogP contribution is -2.13. The fourth-order valence-electron chi connectivity index (χ4n) is 1.86. The minimum atomic E-state index is -0.483. The third-order valence-electron chi connectivity index (χ3n) is 3.03. The molecule has 1 amide bonds. The first kappa shape index (κ1) is 14.1. The highest BCUT2D eigenvalue weighted by molar-refractivity contribution is 5.91. The quantitative estimate of drug-likeness (QED) is 0.839. The van der Waals surface area contributed by atoms with Crippen LogP contribution in [-0.4, -0.2) is 5.91 Å². The Morgan fingerprint density at radius 3 is 2.60 bits per heavy atom. The van der Waals surface area contributed by atoms with E-state index < -0.39 is 5.82 Å². The number of hydrogen-bond donors (Lipinski definition) is 2. The zero-order chi connectivity index (χ0) is 14.5. The number of benzene rings is 2. The maximum absolute atomic E-state index is 13.5. The highest BCUT2D eigenvalue weighted by Gasteiger charge is 2.07. The highest BCUT2D eigenvalue weighted by Crippen LogP contribution is 2.17. The number of aryl methyl sites for hydroxylation is 2. The number of hydrogen-bond acceptors (Lipinski definition) is 2. The van der Waals surface area contributed by atoms with Crippen molar-refractivity contribution >= 4 is 17.3 Å². The van der Waals surface area contributed by atoms with Gasteiger partial charge in [0.05, 0.1) is 5.69 Å². The summed E-state index contributed by atoms with van der Waals surface area (Å²) in [6, 6.07) is 12.1. The average molecular weight is 272 g/mol. The molecule has 0 saturated carbocycles. The summed E-state index contributed by atoms with van der Waals surface area (Å²) in [6.07, 6.45) is 0.924. The van der Waals surface area contributed by atoms with Crippen LogP contribution in [0.25, 0.3) is 0 Å². The van der Waals surface area contributed by atoms with Crippen LogP contribution >= 0.6 is 0 Å². The van der Waals surface area contributed by atoms with Crippen LogP contribution in [0.5, 0.6) is 0 Å². The van der Waals surface area contributed by atoms with Crippen LogP contribution < -0.4 is 11.1 Å². The summed E-state index contributed by atoms with van der Waals surface area (Å²) >= 11 is 0. The van der Waals surface area contributed by atoms with Gasteiger partial charge in [0.1, 0.15) is 5.82 Å². The number of nitrogens with two attached hydrogens (primary N) is 1. The second kappa shape index (κ2) is 6.19. The molecule has 2 aromatic carbocycles.